The molecule has 0 spiro atoms. The van der Waals surface area contributed by atoms with Gasteiger partial charge < -0.3 is 9.32 Å². The number of nitrogens with zero attached hydrogens (tertiary/aromatic N) is 1. The average Bonchev–Trinajstić information content (AvgIpc) is 2.73. The van der Waals surface area contributed by atoms with E-state index in [1.54, 1.807) is 13.0 Å². The zero-order chi connectivity index (χ0) is 13.8. The molecule has 0 saturated heterocycles. The fraction of sp³-hybridized carbons (Fsp3) is 0.429. The zero-order valence-electron chi connectivity index (χ0n) is 11.2. The molecule has 0 fully saturated rings. The van der Waals surface area contributed by atoms with Crippen molar-refractivity contribution in [2.45, 2.75) is 19.8 Å². The van der Waals surface area contributed by atoms with Crippen LogP contribution in [0, 0.1) is 0 Å². The monoisotopic (exact) mass is 262 g/mol. The molecule has 1 aromatic heterocycles. The van der Waals surface area contributed by atoms with Crippen LogP contribution in [0.5, 0.6) is 0 Å². The summed E-state index contributed by atoms with van der Waals surface area (Å²) in [4.78, 5) is 26.7. The topological polar surface area (TPSA) is 66.3 Å². The van der Waals surface area contributed by atoms with E-state index in [0.717, 1.165) is 30.6 Å². The van der Waals surface area contributed by atoms with Crippen molar-refractivity contribution in [2.75, 3.05) is 20.1 Å². The molecule has 2 aromatic rings. The number of likely N-dealkylation sites (N-methyl/N-ethyl adjacent to an activating group) is 1. The fourth-order valence-corrected chi connectivity index (χ4v) is 1.93. The molecule has 5 nitrogen and oxygen atoms in total. The first-order valence-corrected chi connectivity index (χ1v) is 6.34. The van der Waals surface area contributed by atoms with Gasteiger partial charge in [-0.3, -0.25) is 9.78 Å². The standard InChI is InChI=1S/C14H18N2O3/c1-10(17)5-7-16(2)8-6-11-3-4-13-12(9-11)15-14(18)19-13/h3-4,9H,5-8H2,1-2H3,(H,15,18). The number of hydrogen-bond donors (Lipinski definition) is 1. The van der Waals surface area contributed by atoms with Gasteiger partial charge in [-0.15, -0.1) is 0 Å². The average molecular weight is 262 g/mol. The molecule has 1 aromatic carbocycles. The number of ketones is 1. The van der Waals surface area contributed by atoms with Gasteiger partial charge in [0.15, 0.2) is 5.58 Å². The van der Waals surface area contributed by atoms with Crippen molar-refractivity contribution >= 4 is 16.9 Å². The lowest BCUT2D eigenvalue weighted by molar-refractivity contribution is -0.117. The van der Waals surface area contributed by atoms with Crippen LogP contribution in [0.1, 0.15) is 18.9 Å². The van der Waals surface area contributed by atoms with Crippen LogP contribution in [-0.4, -0.2) is 35.8 Å². The van der Waals surface area contributed by atoms with Crippen LogP contribution >= 0.6 is 0 Å². The highest BCUT2D eigenvalue weighted by atomic mass is 16.4. The molecule has 0 aliphatic heterocycles. The molecule has 1 N–H and O–H groups in total. The Balaban J connectivity index is 1.93. The Labute approximate surface area is 111 Å². The van der Waals surface area contributed by atoms with E-state index in [-0.39, 0.29) is 5.78 Å². The maximum absolute atomic E-state index is 11.1. The molecule has 0 unspecified atom stereocenters. The minimum absolute atomic E-state index is 0.212. The molecule has 0 aliphatic carbocycles. The first kappa shape index (κ1) is 13.5. The van der Waals surface area contributed by atoms with Gasteiger partial charge in [0.2, 0.25) is 0 Å². The molecule has 5 heteroatoms. The molecular weight excluding hydrogens is 244 g/mol. The van der Waals surface area contributed by atoms with E-state index in [4.69, 9.17) is 4.42 Å². The number of H-pyrrole nitrogens is 1. The SMILES string of the molecule is CC(=O)CCN(C)CCc1ccc2oc(=O)[nH]c2c1. The molecule has 0 radical (unpaired) electrons. The Morgan fingerprint density at radius 1 is 1.37 bits per heavy atom. The minimum Gasteiger partial charge on any atom is -0.408 e. The summed E-state index contributed by atoms with van der Waals surface area (Å²) < 4.78 is 4.95. The summed E-state index contributed by atoms with van der Waals surface area (Å²) in [6, 6.07) is 5.69. The van der Waals surface area contributed by atoms with E-state index in [1.807, 2.05) is 19.2 Å². The predicted octanol–water partition coefficient (Wildman–Crippen LogP) is 1.57. The summed E-state index contributed by atoms with van der Waals surface area (Å²) in [5.41, 5.74) is 2.45. The van der Waals surface area contributed by atoms with E-state index in [2.05, 4.69) is 9.88 Å². The van der Waals surface area contributed by atoms with Gasteiger partial charge in [0.05, 0.1) is 5.52 Å². The quantitative estimate of drug-likeness (QED) is 0.858. The molecule has 0 aliphatic rings. The second-order valence-electron chi connectivity index (χ2n) is 4.85. The first-order valence-electron chi connectivity index (χ1n) is 6.34. The first-order chi connectivity index (χ1) is 9.04. The summed E-state index contributed by atoms with van der Waals surface area (Å²) >= 11 is 0. The number of carbonyl (C=O) groups excluding carboxylic acids is 1. The van der Waals surface area contributed by atoms with Crippen LogP contribution in [0.25, 0.3) is 11.1 Å². The third kappa shape index (κ3) is 3.79. The third-order valence-corrected chi connectivity index (χ3v) is 3.11. The lowest BCUT2D eigenvalue weighted by Crippen LogP contribution is -2.23. The number of aromatic nitrogens is 1. The van der Waals surface area contributed by atoms with E-state index < -0.39 is 5.76 Å². The third-order valence-electron chi connectivity index (χ3n) is 3.11. The van der Waals surface area contributed by atoms with E-state index in [0.29, 0.717) is 12.0 Å². The smallest absolute Gasteiger partial charge is 0.408 e. The molecule has 0 atom stereocenters. The van der Waals surface area contributed by atoms with Gasteiger partial charge >= 0.3 is 5.76 Å². The molecular formula is C14H18N2O3. The van der Waals surface area contributed by atoms with Gasteiger partial charge in [-0.2, -0.15) is 0 Å². The number of nitrogens with one attached hydrogen (secondary N) is 1. The van der Waals surface area contributed by atoms with Gasteiger partial charge in [0.1, 0.15) is 5.78 Å². The fourth-order valence-electron chi connectivity index (χ4n) is 1.93. The van der Waals surface area contributed by atoms with Crippen molar-refractivity contribution in [3.63, 3.8) is 0 Å². The number of rotatable bonds is 6. The predicted molar refractivity (Wildman–Crippen MR) is 73.3 cm³/mol. The highest BCUT2D eigenvalue weighted by Gasteiger charge is 2.04. The minimum atomic E-state index is -0.425. The second kappa shape index (κ2) is 5.84. The zero-order valence-corrected chi connectivity index (χ0v) is 11.2. The summed E-state index contributed by atoms with van der Waals surface area (Å²) in [5, 5.41) is 0. The van der Waals surface area contributed by atoms with Crippen molar-refractivity contribution in [1.29, 1.82) is 0 Å². The molecule has 1 heterocycles. The van der Waals surface area contributed by atoms with E-state index in [1.165, 1.54) is 0 Å². The van der Waals surface area contributed by atoms with Crippen LogP contribution in [-0.2, 0) is 11.2 Å². The number of hydrogen-bond acceptors (Lipinski definition) is 4. The summed E-state index contributed by atoms with van der Waals surface area (Å²) in [5.74, 6) is -0.213. The normalized spacial score (nSPS) is 11.3. The van der Waals surface area contributed by atoms with Gasteiger partial charge in [0.25, 0.3) is 0 Å². The van der Waals surface area contributed by atoms with E-state index in [9.17, 15) is 9.59 Å². The Morgan fingerprint density at radius 2 is 2.16 bits per heavy atom. The van der Waals surface area contributed by atoms with E-state index >= 15 is 0 Å². The molecule has 102 valence electrons. The molecule has 0 amide bonds. The number of aromatic amines is 1. The Morgan fingerprint density at radius 3 is 2.89 bits per heavy atom. The number of fused-ring (bicyclic) bond motifs is 1. The number of Topliss-reactive ketones (excluding diaryl/α,β-unsaturated/α-hetero) is 1. The Bertz CT molecular complexity index is 627. The highest BCUT2D eigenvalue weighted by Crippen LogP contribution is 2.12. The van der Waals surface area contributed by atoms with Crippen molar-refractivity contribution in [3.8, 4) is 0 Å². The largest absolute Gasteiger partial charge is 0.417 e. The summed E-state index contributed by atoms with van der Waals surface area (Å²) in [6.07, 6.45) is 1.46. The van der Waals surface area contributed by atoms with Crippen LogP contribution in [0.2, 0.25) is 0 Å². The summed E-state index contributed by atoms with van der Waals surface area (Å²) in [6.45, 7) is 3.26. The van der Waals surface area contributed by atoms with Crippen molar-refractivity contribution < 1.29 is 9.21 Å². The molecule has 0 saturated carbocycles. The van der Waals surface area contributed by atoms with Crippen LogP contribution in [0.15, 0.2) is 27.4 Å². The second-order valence-corrected chi connectivity index (χ2v) is 4.85. The number of benzene rings is 1. The summed E-state index contributed by atoms with van der Waals surface area (Å²) in [7, 11) is 2.00. The number of oxazole rings is 1. The van der Waals surface area contributed by atoms with Crippen molar-refractivity contribution in [3.05, 3.63) is 34.3 Å². The maximum atomic E-state index is 11.1. The lowest BCUT2D eigenvalue weighted by atomic mass is 10.1. The van der Waals surface area contributed by atoms with Crippen LogP contribution in [0.4, 0.5) is 0 Å². The van der Waals surface area contributed by atoms with Crippen LogP contribution < -0.4 is 5.76 Å². The lowest BCUT2D eigenvalue weighted by Gasteiger charge is -2.15. The molecule has 19 heavy (non-hydrogen) atoms. The van der Waals surface area contributed by atoms with Crippen LogP contribution in [0.3, 0.4) is 0 Å². The van der Waals surface area contributed by atoms with Gasteiger partial charge in [-0.25, -0.2) is 4.79 Å². The Hall–Kier alpha value is -1.88. The maximum Gasteiger partial charge on any atom is 0.417 e. The Kier molecular flexibility index (Phi) is 4.16. The van der Waals surface area contributed by atoms with Gasteiger partial charge in [-0.1, -0.05) is 6.07 Å². The van der Waals surface area contributed by atoms with Crippen molar-refractivity contribution in [1.82, 2.24) is 9.88 Å². The number of carbonyl (C=O) groups is 1. The molecule has 2 rings (SSSR count). The molecule has 0 bridgehead atoms. The highest BCUT2D eigenvalue weighted by molar-refractivity contribution is 5.75. The van der Waals surface area contributed by atoms with Crippen molar-refractivity contribution in [2.24, 2.45) is 0 Å². The van der Waals surface area contributed by atoms with Gasteiger partial charge in [0, 0.05) is 19.5 Å². The van der Waals surface area contributed by atoms with Gasteiger partial charge in [-0.05, 0) is 38.1 Å².